The Morgan fingerprint density at radius 2 is 1.55 bits per heavy atom. The number of nitrogens with one attached hydrogen (secondary N) is 1. The second-order valence-corrected chi connectivity index (χ2v) is 12.7. The number of hydrazine groups is 1. The van der Waals surface area contributed by atoms with E-state index in [9.17, 15) is 18.0 Å². The number of nitrogens with zero attached hydrogens (tertiary/aromatic N) is 3. The third-order valence-corrected chi connectivity index (χ3v) is 9.80. The molecule has 2 aliphatic heterocycles. The van der Waals surface area contributed by atoms with Crippen molar-refractivity contribution < 1.29 is 18.0 Å². The third-order valence-electron chi connectivity index (χ3n) is 7.89. The van der Waals surface area contributed by atoms with Crippen LogP contribution in [0, 0.1) is 0 Å². The van der Waals surface area contributed by atoms with Crippen molar-refractivity contribution in [2.45, 2.75) is 62.2 Å². The number of hydrogen-bond acceptors (Lipinski definition) is 6. The highest BCUT2D eigenvalue weighted by molar-refractivity contribution is 7.89. The maximum atomic E-state index is 13.7. The van der Waals surface area contributed by atoms with Gasteiger partial charge < -0.3 is 16.4 Å². The largest absolute Gasteiger partial charge is 0.339 e. The van der Waals surface area contributed by atoms with Gasteiger partial charge in [-0.25, -0.2) is 18.2 Å². The number of halogens is 1. The summed E-state index contributed by atoms with van der Waals surface area (Å²) in [7, 11) is -3.94. The Hall–Kier alpha value is -3.22. The first-order chi connectivity index (χ1) is 19.7. The van der Waals surface area contributed by atoms with Gasteiger partial charge in [-0.3, -0.25) is 10.2 Å². The monoisotopic (exact) mass is 614 g/mol. The number of likely N-dealkylation sites (tertiary alicyclic amines) is 1. The SMILES string of the molecule is Cl.NC(N)c1ccc(CN(NC(=O)C2CCCN2S(=O)(=O)c2ccc3ccccc3c2)C(=O)N2CCCCCC2)cc1. The molecule has 226 valence electrons. The summed E-state index contributed by atoms with van der Waals surface area (Å²) in [6, 6.07) is 18.6. The first kappa shape index (κ1) is 31.7. The van der Waals surface area contributed by atoms with E-state index in [0.29, 0.717) is 25.9 Å². The Kier molecular flexibility index (Phi) is 10.4. The summed E-state index contributed by atoms with van der Waals surface area (Å²) in [6.07, 6.45) is 4.21. The second-order valence-electron chi connectivity index (χ2n) is 10.8. The molecular formula is C30H39ClN6O4S. The van der Waals surface area contributed by atoms with E-state index in [1.807, 2.05) is 36.4 Å². The number of sulfonamides is 1. The minimum absolute atomic E-state index is 0. The van der Waals surface area contributed by atoms with Crippen molar-refractivity contribution in [3.8, 4) is 0 Å². The van der Waals surface area contributed by atoms with Gasteiger partial charge in [0.15, 0.2) is 0 Å². The number of fused-ring (bicyclic) bond motifs is 1. The molecule has 0 aromatic heterocycles. The summed E-state index contributed by atoms with van der Waals surface area (Å²) in [5.74, 6) is -0.518. The van der Waals surface area contributed by atoms with Crippen LogP contribution in [0.1, 0.15) is 55.8 Å². The van der Waals surface area contributed by atoms with Crippen molar-refractivity contribution in [3.63, 3.8) is 0 Å². The van der Waals surface area contributed by atoms with Gasteiger partial charge in [0.2, 0.25) is 10.0 Å². The van der Waals surface area contributed by atoms with Gasteiger partial charge in [-0.2, -0.15) is 4.31 Å². The normalized spacial score (nSPS) is 18.0. The maximum Gasteiger partial charge on any atom is 0.339 e. The molecule has 3 aromatic carbocycles. The number of rotatable bonds is 6. The molecule has 0 radical (unpaired) electrons. The molecule has 0 saturated carbocycles. The topological polar surface area (TPSA) is 142 Å². The lowest BCUT2D eigenvalue weighted by molar-refractivity contribution is -0.128. The number of carbonyl (C=O) groups is 2. The molecule has 0 spiro atoms. The van der Waals surface area contributed by atoms with Crippen molar-refractivity contribution in [2.75, 3.05) is 19.6 Å². The molecule has 3 aromatic rings. The molecule has 12 heteroatoms. The molecule has 5 rings (SSSR count). The Balaban J connectivity index is 0.00000405. The number of nitrogens with two attached hydrogens (primary N) is 2. The summed E-state index contributed by atoms with van der Waals surface area (Å²) in [6.45, 7) is 1.57. The summed E-state index contributed by atoms with van der Waals surface area (Å²) >= 11 is 0. The minimum atomic E-state index is -3.94. The summed E-state index contributed by atoms with van der Waals surface area (Å²) in [4.78, 5) is 29.3. The second kappa shape index (κ2) is 13.8. The van der Waals surface area contributed by atoms with Crippen LogP contribution in [0.2, 0.25) is 0 Å². The highest BCUT2D eigenvalue weighted by Gasteiger charge is 2.40. The van der Waals surface area contributed by atoms with Gasteiger partial charge in [-0.15, -0.1) is 12.4 Å². The van der Waals surface area contributed by atoms with E-state index >= 15 is 0 Å². The average Bonchev–Trinajstić information content (AvgIpc) is 3.33. The van der Waals surface area contributed by atoms with Gasteiger partial charge in [0.25, 0.3) is 5.91 Å². The van der Waals surface area contributed by atoms with Crippen LogP contribution >= 0.6 is 12.4 Å². The number of benzene rings is 3. The summed E-state index contributed by atoms with van der Waals surface area (Å²) < 4.78 is 28.7. The van der Waals surface area contributed by atoms with Crippen molar-refractivity contribution in [2.24, 2.45) is 11.5 Å². The lowest BCUT2D eigenvalue weighted by atomic mass is 10.1. The number of urea groups is 1. The van der Waals surface area contributed by atoms with Crippen molar-refractivity contribution >= 4 is 45.1 Å². The summed E-state index contributed by atoms with van der Waals surface area (Å²) in [5, 5.41) is 3.06. The van der Waals surface area contributed by atoms with Gasteiger partial charge in [-0.1, -0.05) is 67.4 Å². The van der Waals surface area contributed by atoms with Crippen LogP contribution in [0.5, 0.6) is 0 Å². The number of carbonyl (C=O) groups excluding carboxylic acids is 2. The molecule has 2 saturated heterocycles. The molecule has 1 atom stereocenters. The van der Waals surface area contributed by atoms with Crippen LogP contribution in [0.25, 0.3) is 10.8 Å². The zero-order valence-corrected chi connectivity index (χ0v) is 25.2. The van der Waals surface area contributed by atoms with Gasteiger partial charge in [0, 0.05) is 19.6 Å². The summed E-state index contributed by atoms with van der Waals surface area (Å²) in [5.41, 5.74) is 15.9. The van der Waals surface area contributed by atoms with Crippen molar-refractivity contribution in [1.29, 1.82) is 0 Å². The first-order valence-corrected chi connectivity index (χ1v) is 15.7. The van der Waals surface area contributed by atoms with E-state index < -0.39 is 28.1 Å². The Bertz CT molecular complexity index is 1490. The van der Waals surface area contributed by atoms with Gasteiger partial charge in [0.05, 0.1) is 17.6 Å². The van der Waals surface area contributed by atoms with Crippen LogP contribution in [0.4, 0.5) is 4.79 Å². The van der Waals surface area contributed by atoms with Crippen LogP contribution in [-0.4, -0.2) is 60.2 Å². The fourth-order valence-electron chi connectivity index (χ4n) is 5.58. The molecule has 42 heavy (non-hydrogen) atoms. The zero-order valence-electron chi connectivity index (χ0n) is 23.5. The van der Waals surface area contributed by atoms with E-state index in [1.54, 1.807) is 35.2 Å². The highest BCUT2D eigenvalue weighted by Crippen LogP contribution is 2.28. The standard InChI is InChI=1S/C30H38N6O4S.ClH/c31-28(32)24-13-11-22(12-14-24)21-35(30(38)34-17-5-1-2-6-18-34)33-29(37)27-10-7-19-36(27)41(39,40)26-16-15-23-8-3-4-9-25(23)20-26;/h3-4,8-9,11-16,20,27-28H,1-2,5-7,10,17-19,21,31-32H2,(H,33,37);1H. The lowest BCUT2D eigenvalue weighted by Gasteiger charge is -2.32. The van der Waals surface area contributed by atoms with E-state index in [1.165, 1.54) is 9.31 Å². The van der Waals surface area contributed by atoms with Gasteiger partial charge >= 0.3 is 6.03 Å². The fourth-order valence-corrected chi connectivity index (χ4v) is 7.27. The predicted octanol–water partition coefficient (Wildman–Crippen LogP) is 3.86. The predicted molar refractivity (Wildman–Crippen MR) is 165 cm³/mol. The fraction of sp³-hybridized carbons (Fsp3) is 0.400. The number of hydrogen-bond donors (Lipinski definition) is 3. The quantitative estimate of drug-likeness (QED) is 0.284. The molecular weight excluding hydrogens is 576 g/mol. The Morgan fingerprint density at radius 3 is 2.21 bits per heavy atom. The molecule has 2 heterocycles. The van der Waals surface area contributed by atoms with Crippen molar-refractivity contribution in [3.05, 3.63) is 77.9 Å². The molecule has 1 unspecified atom stereocenters. The van der Waals surface area contributed by atoms with Crippen LogP contribution in [-0.2, 0) is 21.4 Å². The Labute approximate surface area is 253 Å². The van der Waals surface area contributed by atoms with Crippen LogP contribution in [0.15, 0.2) is 71.6 Å². The molecule has 0 bridgehead atoms. The maximum absolute atomic E-state index is 13.7. The van der Waals surface area contributed by atoms with E-state index in [-0.39, 0.29) is 36.4 Å². The molecule has 2 fully saturated rings. The number of amides is 3. The molecule has 5 N–H and O–H groups in total. The van der Waals surface area contributed by atoms with Crippen LogP contribution < -0.4 is 16.9 Å². The Morgan fingerprint density at radius 1 is 0.881 bits per heavy atom. The molecule has 0 aliphatic carbocycles. The molecule has 3 amide bonds. The van der Waals surface area contributed by atoms with Crippen LogP contribution in [0.3, 0.4) is 0 Å². The van der Waals surface area contributed by atoms with Gasteiger partial charge in [0.1, 0.15) is 6.04 Å². The van der Waals surface area contributed by atoms with E-state index in [4.69, 9.17) is 11.5 Å². The lowest BCUT2D eigenvalue weighted by Crippen LogP contribution is -2.56. The minimum Gasteiger partial charge on any atom is -0.323 e. The third kappa shape index (κ3) is 7.04. The first-order valence-electron chi connectivity index (χ1n) is 14.2. The molecule has 2 aliphatic rings. The molecule has 10 nitrogen and oxygen atoms in total. The zero-order chi connectivity index (χ0) is 29.0. The smallest absolute Gasteiger partial charge is 0.323 e. The van der Waals surface area contributed by atoms with Crippen molar-refractivity contribution in [1.82, 2.24) is 19.6 Å². The van der Waals surface area contributed by atoms with E-state index in [0.717, 1.165) is 47.6 Å². The highest BCUT2D eigenvalue weighted by atomic mass is 35.5. The van der Waals surface area contributed by atoms with E-state index in [2.05, 4.69) is 5.43 Å². The average molecular weight is 615 g/mol. The van der Waals surface area contributed by atoms with Gasteiger partial charge in [-0.05, 0) is 59.7 Å².